The van der Waals surface area contributed by atoms with Crippen molar-refractivity contribution in [1.82, 2.24) is 9.80 Å². The average molecular weight is 335 g/mol. The Bertz CT molecular complexity index is 332. The van der Waals surface area contributed by atoms with Gasteiger partial charge in [0, 0.05) is 32.7 Å². The zero-order valence-electron chi connectivity index (χ0n) is 15.3. The summed E-state index contributed by atoms with van der Waals surface area (Å²) in [4.78, 5) is 17.0. The molecule has 4 nitrogen and oxygen atoms in total. The second-order valence-electron chi connectivity index (χ2n) is 8.26. The molecule has 22 heavy (non-hydrogen) atoms. The van der Waals surface area contributed by atoms with Gasteiger partial charge in [-0.2, -0.15) is 0 Å². The minimum atomic E-state index is -0.397. The van der Waals surface area contributed by atoms with Crippen LogP contribution >= 0.6 is 12.4 Å². The Kier molecular flexibility index (Phi) is 8.96. The molecule has 1 rings (SSSR count). The van der Waals surface area contributed by atoms with E-state index in [0.29, 0.717) is 6.61 Å². The molecule has 1 heterocycles. The van der Waals surface area contributed by atoms with Crippen molar-refractivity contribution in [3.63, 3.8) is 0 Å². The summed E-state index contributed by atoms with van der Waals surface area (Å²) in [5.74, 6) is -0.0594. The topological polar surface area (TPSA) is 32.8 Å². The van der Waals surface area contributed by atoms with Gasteiger partial charge in [0.05, 0.1) is 12.0 Å². The minimum absolute atomic E-state index is 0. The predicted octanol–water partition coefficient (Wildman–Crippen LogP) is 3.05. The van der Waals surface area contributed by atoms with Crippen LogP contribution in [0.1, 0.15) is 47.5 Å². The summed E-state index contributed by atoms with van der Waals surface area (Å²) < 4.78 is 5.49. The fraction of sp³-hybridized carbons (Fsp3) is 0.941. The zero-order chi connectivity index (χ0) is 16.1. The molecule has 0 bridgehead atoms. The van der Waals surface area contributed by atoms with Gasteiger partial charge in [-0.15, -0.1) is 12.4 Å². The zero-order valence-corrected chi connectivity index (χ0v) is 16.1. The van der Waals surface area contributed by atoms with Crippen molar-refractivity contribution in [2.75, 3.05) is 46.4 Å². The van der Waals surface area contributed by atoms with Crippen LogP contribution in [0.15, 0.2) is 0 Å². The number of hydrogen-bond acceptors (Lipinski definition) is 4. The molecule has 5 heteroatoms. The van der Waals surface area contributed by atoms with Crippen molar-refractivity contribution in [1.29, 1.82) is 0 Å². The molecule has 1 saturated heterocycles. The smallest absolute Gasteiger partial charge is 0.311 e. The number of hydrogen-bond donors (Lipinski definition) is 0. The molecule has 0 radical (unpaired) electrons. The Balaban J connectivity index is 0.00000441. The molecule has 0 atom stereocenters. The van der Waals surface area contributed by atoms with E-state index >= 15 is 0 Å². The van der Waals surface area contributed by atoms with Crippen LogP contribution in [0.2, 0.25) is 0 Å². The quantitative estimate of drug-likeness (QED) is 0.552. The lowest BCUT2D eigenvalue weighted by Gasteiger charge is -2.32. The van der Waals surface area contributed by atoms with E-state index in [1.54, 1.807) is 0 Å². The molecule has 1 fully saturated rings. The lowest BCUT2D eigenvalue weighted by molar-refractivity contribution is -0.155. The predicted molar refractivity (Wildman–Crippen MR) is 94.6 cm³/mol. The number of piperazine rings is 1. The number of rotatable bonds is 6. The van der Waals surface area contributed by atoms with Crippen molar-refractivity contribution in [2.45, 2.75) is 47.5 Å². The molecule has 0 saturated carbocycles. The van der Waals surface area contributed by atoms with Gasteiger partial charge in [-0.25, -0.2) is 0 Å². The summed E-state index contributed by atoms with van der Waals surface area (Å²) in [7, 11) is 2.16. The molecule has 0 aromatic heterocycles. The molecule has 0 unspecified atom stereocenters. The number of halogens is 1. The number of esters is 1. The monoisotopic (exact) mass is 334 g/mol. The summed E-state index contributed by atoms with van der Waals surface area (Å²) in [5, 5.41) is 0. The second-order valence-corrected chi connectivity index (χ2v) is 8.26. The number of nitrogens with zero attached hydrogens (tertiary/aromatic N) is 2. The number of likely N-dealkylation sites (N-methyl/N-ethyl adjacent to an activating group) is 1. The van der Waals surface area contributed by atoms with E-state index in [0.717, 1.165) is 45.6 Å². The summed E-state index contributed by atoms with van der Waals surface area (Å²) in [6.45, 7) is 16.6. The van der Waals surface area contributed by atoms with E-state index in [1.165, 1.54) is 0 Å². The number of carbonyl (C=O) groups excluding carboxylic acids is 1. The summed E-state index contributed by atoms with van der Waals surface area (Å²) in [5.41, 5.74) is -0.256. The van der Waals surface area contributed by atoms with Crippen LogP contribution in [0, 0.1) is 10.8 Å². The standard InChI is InChI=1S/C17H34N2O2.ClH/c1-16(2,3)14-17(4,5)15(20)21-13-7-8-19-11-9-18(6)10-12-19;/h7-14H2,1-6H3;1H. The van der Waals surface area contributed by atoms with Crippen molar-refractivity contribution < 1.29 is 9.53 Å². The molecular weight excluding hydrogens is 300 g/mol. The first kappa shape index (κ1) is 21.7. The fourth-order valence-electron chi connectivity index (χ4n) is 3.12. The molecular formula is C17H35ClN2O2. The Labute approximate surface area is 143 Å². The van der Waals surface area contributed by atoms with Gasteiger partial charge in [-0.1, -0.05) is 20.8 Å². The molecule has 0 aromatic rings. The molecule has 0 N–H and O–H groups in total. The van der Waals surface area contributed by atoms with Crippen LogP contribution in [0.5, 0.6) is 0 Å². The molecule has 1 aliphatic rings. The SMILES string of the molecule is CN1CCN(CCCOC(=O)C(C)(C)CC(C)(C)C)CC1.Cl. The van der Waals surface area contributed by atoms with Crippen LogP contribution in [0.4, 0.5) is 0 Å². The number of ether oxygens (including phenoxy) is 1. The second kappa shape index (κ2) is 9.09. The lowest BCUT2D eigenvalue weighted by Crippen LogP contribution is -2.44. The van der Waals surface area contributed by atoms with E-state index in [9.17, 15) is 4.79 Å². The normalized spacial score (nSPS) is 17.9. The first-order chi connectivity index (χ1) is 9.60. The van der Waals surface area contributed by atoms with Gasteiger partial charge in [0.15, 0.2) is 0 Å². The molecule has 0 spiro atoms. The molecule has 0 amide bonds. The summed E-state index contributed by atoms with van der Waals surface area (Å²) in [6.07, 6.45) is 1.78. The highest BCUT2D eigenvalue weighted by atomic mass is 35.5. The number of carbonyl (C=O) groups is 1. The van der Waals surface area contributed by atoms with Gasteiger partial charge >= 0.3 is 5.97 Å². The van der Waals surface area contributed by atoms with Gasteiger partial charge < -0.3 is 14.5 Å². The highest BCUT2D eigenvalue weighted by Crippen LogP contribution is 2.34. The minimum Gasteiger partial charge on any atom is -0.465 e. The van der Waals surface area contributed by atoms with Gasteiger partial charge in [-0.3, -0.25) is 4.79 Å². The summed E-state index contributed by atoms with van der Waals surface area (Å²) >= 11 is 0. The third kappa shape index (κ3) is 8.35. The van der Waals surface area contributed by atoms with Crippen LogP contribution in [0.3, 0.4) is 0 Å². The van der Waals surface area contributed by atoms with E-state index < -0.39 is 5.41 Å². The van der Waals surface area contributed by atoms with E-state index in [2.05, 4.69) is 37.6 Å². The van der Waals surface area contributed by atoms with E-state index in [-0.39, 0.29) is 23.8 Å². The Morgan fingerprint density at radius 3 is 2.09 bits per heavy atom. The highest BCUT2D eigenvalue weighted by molar-refractivity contribution is 5.85. The average Bonchev–Trinajstić information content (AvgIpc) is 2.33. The lowest BCUT2D eigenvalue weighted by atomic mass is 9.76. The molecule has 132 valence electrons. The molecule has 0 aromatic carbocycles. The maximum absolute atomic E-state index is 12.2. The van der Waals surface area contributed by atoms with Gasteiger partial charge in [0.25, 0.3) is 0 Å². The van der Waals surface area contributed by atoms with Crippen molar-refractivity contribution in [3.8, 4) is 0 Å². The Morgan fingerprint density at radius 1 is 1.05 bits per heavy atom. The largest absolute Gasteiger partial charge is 0.465 e. The fourth-order valence-corrected chi connectivity index (χ4v) is 3.12. The summed E-state index contributed by atoms with van der Waals surface area (Å²) in [6, 6.07) is 0. The molecule has 1 aliphatic heterocycles. The maximum atomic E-state index is 12.2. The Hall–Kier alpha value is -0.320. The van der Waals surface area contributed by atoms with Gasteiger partial charge in [0.2, 0.25) is 0 Å². The van der Waals surface area contributed by atoms with Crippen LogP contribution in [-0.2, 0) is 9.53 Å². The van der Waals surface area contributed by atoms with Crippen LogP contribution in [-0.4, -0.2) is 62.1 Å². The Morgan fingerprint density at radius 2 is 1.59 bits per heavy atom. The molecule has 0 aliphatic carbocycles. The first-order valence-electron chi connectivity index (χ1n) is 8.18. The highest BCUT2D eigenvalue weighted by Gasteiger charge is 2.33. The van der Waals surface area contributed by atoms with E-state index in [1.807, 2.05) is 13.8 Å². The van der Waals surface area contributed by atoms with Crippen molar-refractivity contribution >= 4 is 18.4 Å². The maximum Gasteiger partial charge on any atom is 0.311 e. The van der Waals surface area contributed by atoms with Gasteiger partial charge in [0.1, 0.15) is 0 Å². The van der Waals surface area contributed by atoms with E-state index in [4.69, 9.17) is 4.74 Å². The van der Waals surface area contributed by atoms with Crippen molar-refractivity contribution in [2.24, 2.45) is 10.8 Å². The van der Waals surface area contributed by atoms with Crippen LogP contribution in [0.25, 0.3) is 0 Å². The van der Waals surface area contributed by atoms with Crippen LogP contribution < -0.4 is 0 Å². The third-order valence-corrected chi connectivity index (χ3v) is 3.97. The third-order valence-electron chi connectivity index (χ3n) is 3.97. The van der Waals surface area contributed by atoms with Crippen molar-refractivity contribution in [3.05, 3.63) is 0 Å². The first-order valence-corrected chi connectivity index (χ1v) is 8.18. The van der Waals surface area contributed by atoms with Gasteiger partial charge in [-0.05, 0) is 39.2 Å².